The van der Waals surface area contributed by atoms with Crippen LogP contribution in [0.2, 0.25) is 5.02 Å². The monoisotopic (exact) mass is 284 g/mol. The van der Waals surface area contributed by atoms with Crippen molar-refractivity contribution in [1.29, 1.82) is 0 Å². The van der Waals surface area contributed by atoms with Crippen molar-refractivity contribution in [2.24, 2.45) is 0 Å². The summed E-state index contributed by atoms with van der Waals surface area (Å²) in [6.45, 7) is 2.08. The van der Waals surface area contributed by atoms with Gasteiger partial charge in [0.05, 0.1) is 0 Å². The van der Waals surface area contributed by atoms with E-state index in [4.69, 9.17) is 11.6 Å². The van der Waals surface area contributed by atoms with E-state index in [9.17, 15) is 0 Å². The molecule has 3 rings (SSSR count). The van der Waals surface area contributed by atoms with E-state index in [1.165, 1.54) is 26.1 Å². The number of halogens is 1. The molecule has 0 fully saturated rings. The molecule has 0 aliphatic heterocycles. The Morgan fingerprint density at radius 1 is 1.05 bits per heavy atom. The van der Waals surface area contributed by atoms with Crippen LogP contribution in [0.5, 0.6) is 0 Å². The number of benzene rings is 2. The summed E-state index contributed by atoms with van der Waals surface area (Å²) in [6, 6.07) is 18.8. The van der Waals surface area contributed by atoms with E-state index < -0.39 is 0 Å². The summed E-state index contributed by atoms with van der Waals surface area (Å²) in [6.07, 6.45) is 2.17. The fourth-order valence-corrected chi connectivity index (χ4v) is 3.54. The average molecular weight is 285 g/mol. The highest BCUT2D eigenvalue weighted by atomic mass is 35.5. The Bertz CT molecular complexity index is 738. The minimum atomic E-state index is 0.790. The predicted molar refractivity (Wildman–Crippen MR) is 86.0 cm³/mol. The first-order chi connectivity index (χ1) is 9.28. The average Bonchev–Trinajstić information content (AvgIpc) is 2.83. The number of allylic oxidation sites excluding steroid dienone is 1. The largest absolute Gasteiger partial charge is 0.135 e. The Morgan fingerprint density at radius 3 is 2.58 bits per heavy atom. The lowest BCUT2D eigenvalue weighted by Gasteiger charge is -2.03. The summed E-state index contributed by atoms with van der Waals surface area (Å²) >= 11 is 7.85. The van der Waals surface area contributed by atoms with E-state index in [1.54, 1.807) is 11.3 Å². The predicted octanol–water partition coefficient (Wildman–Crippen LogP) is 6.01. The maximum Gasteiger partial charge on any atom is 0.0412 e. The highest BCUT2D eigenvalue weighted by Crippen LogP contribution is 2.34. The molecule has 94 valence electrons. The second kappa shape index (κ2) is 5.20. The van der Waals surface area contributed by atoms with Crippen LogP contribution in [0.1, 0.15) is 17.4 Å². The van der Waals surface area contributed by atoms with Crippen LogP contribution in [0, 0.1) is 0 Å². The minimum absolute atomic E-state index is 0.790. The summed E-state index contributed by atoms with van der Waals surface area (Å²) in [5.74, 6) is 0. The molecule has 19 heavy (non-hydrogen) atoms. The molecule has 3 aromatic rings. The molecule has 0 nitrogen and oxygen atoms in total. The molecule has 0 unspecified atom stereocenters. The van der Waals surface area contributed by atoms with Gasteiger partial charge in [0.1, 0.15) is 0 Å². The van der Waals surface area contributed by atoms with Crippen molar-refractivity contribution in [3.05, 3.63) is 76.1 Å². The number of rotatable bonds is 2. The molecule has 2 aromatic carbocycles. The molecule has 1 heterocycles. The van der Waals surface area contributed by atoms with Gasteiger partial charge in [0.2, 0.25) is 0 Å². The third kappa shape index (κ3) is 2.44. The molecule has 2 heteroatoms. The summed E-state index contributed by atoms with van der Waals surface area (Å²) < 4.78 is 1.27. The Kier molecular flexibility index (Phi) is 3.41. The quantitative estimate of drug-likeness (QED) is 0.541. The maximum atomic E-state index is 6.05. The standard InChI is InChI=1S/C17H13ClS/c1-2-15(12-6-4-3-5-7-12)17-11-13-10-14(18)8-9-16(13)19-17/h2-11H,1H3/b15-2-. The topological polar surface area (TPSA) is 0 Å². The van der Waals surface area contributed by atoms with Crippen LogP contribution in [0.15, 0.2) is 60.7 Å². The number of hydrogen-bond acceptors (Lipinski definition) is 1. The Balaban J connectivity index is 2.12. The smallest absolute Gasteiger partial charge is 0.0412 e. The normalized spacial score (nSPS) is 12.0. The van der Waals surface area contributed by atoms with Crippen molar-refractivity contribution < 1.29 is 0 Å². The minimum Gasteiger partial charge on any atom is -0.135 e. The molecule has 0 spiro atoms. The van der Waals surface area contributed by atoms with Crippen LogP contribution in [0.25, 0.3) is 15.7 Å². The van der Waals surface area contributed by atoms with Gasteiger partial charge in [-0.05, 0) is 47.7 Å². The highest BCUT2D eigenvalue weighted by molar-refractivity contribution is 7.20. The van der Waals surface area contributed by atoms with Crippen LogP contribution >= 0.6 is 22.9 Å². The van der Waals surface area contributed by atoms with Crippen molar-refractivity contribution in [2.45, 2.75) is 6.92 Å². The fourth-order valence-electron chi connectivity index (χ4n) is 2.22. The van der Waals surface area contributed by atoms with Gasteiger partial charge in [-0.15, -0.1) is 11.3 Å². The molecular weight excluding hydrogens is 272 g/mol. The third-order valence-corrected chi connectivity index (χ3v) is 4.50. The van der Waals surface area contributed by atoms with Gasteiger partial charge in [0, 0.05) is 14.6 Å². The van der Waals surface area contributed by atoms with Crippen molar-refractivity contribution >= 4 is 38.6 Å². The number of hydrogen-bond donors (Lipinski definition) is 0. The first kappa shape index (κ1) is 12.5. The SMILES string of the molecule is C/C=C(/c1ccccc1)c1cc2cc(Cl)ccc2s1. The van der Waals surface area contributed by atoms with E-state index in [1.807, 2.05) is 18.2 Å². The molecule has 0 saturated carbocycles. The van der Waals surface area contributed by atoms with Gasteiger partial charge in [-0.2, -0.15) is 0 Å². The number of thiophene rings is 1. The maximum absolute atomic E-state index is 6.05. The van der Waals surface area contributed by atoms with Crippen LogP contribution in [0.4, 0.5) is 0 Å². The van der Waals surface area contributed by atoms with Crippen molar-refractivity contribution in [3.63, 3.8) is 0 Å². The van der Waals surface area contributed by atoms with Gasteiger partial charge < -0.3 is 0 Å². The molecular formula is C17H13ClS. The first-order valence-corrected chi connectivity index (χ1v) is 7.38. The molecule has 0 amide bonds. The van der Waals surface area contributed by atoms with Crippen LogP contribution < -0.4 is 0 Å². The molecule has 0 bridgehead atoms. The van der Waals surface area contributed by atoms with Crippen LogP contribution in [0.3, 0.4) is 0 Å². The molecule has 1 aromatic heterocycles. The molecule has 0 radical (unpaired) electrons. The van der Waals surface area contributed by atoms with Gasteiger partial charge in [-0.1, -0.05) is 48.0 Å². The second-order valence-electron chi connectivity index (χ2n) is 4.36. The summed E-state index contributed by atoms with van der Waals surface area (Å²) in [7, 11) is 0. The zero-order chi connectivity index (χ0) is 13.2. The summed E-state index contributed by atoms with van der Waals surface area (Å²) in [5, 5.41) is 2.00. The zero-order valence-corrected chi connectivity index (χ0v) is 12.1. The van der Waals surface area contributed by atoms with Crippen LogP contribution in [-0.4, -0.2) is 0 Å². The Labute approximate surface area is 122 Å². The third-order valence-electron chi connectivity index (χ3n) is 3.12. The van der Waals surface area contributed by atoms with E-state index in [-0.39, 0.29) is 0 Å². The molecule has 0 N–H and O–H groups in total. The molecule has 0 aliphatic carbocycles. The lowest BCUT2D eigenvalue weighted by Crippen LogP contribution is -1.82. The Morgan fingerprint density at radius 2 is 1.84 bits per heavy atom. The molecule has 0 aliphatic rings. The van der Waals surface area contributed by atoms with Crippen molar-refractivity contribution in [2.75, 3.05) is 0 Å². The fraction of sp³-hybridized carbons (Fsp3) is 0.0588. The second-order valence-corrected chi connectivity index (χ2v) is 5.88. The first-order valence-electron chi connectivity index (χ1n) is 6.19. The highest BCUT2D eigenvalue weighted by Gasteiger charge is 2.08. The van der Waals surface area contributed by atoms with Gasteiger partial charge in [-0.25, -0.2) is 0 Å². The summed E-state index contributed by atoms with van der Waals surface area (Å²) in [5.41, 5.74) is 2.53. The van der Waals surface area contributed by atoms with E-state index >= 15 is 0 Å². The molecule has 0 saturated heterocycles. The summed E-state index contributed by atoms with van der Waals surface area (Å²) in [4.78, 5) is 1.28. The Hall–Kier alpha value is -1.57. The lowest BCUT2D eigenvalue weighted by molar-refractivity contribution is 1.58. The van der Waals surface area contributed by atoms with Crippen LogP contribution in [-0.2, 0) is 0 Å². The molecule has 0 atom stereocenters. The van der Waals surface area contributed by atoms with Crippen molar-refractivity contribution in [3.8, 4) is 0 Å². The van der Waals surface area contributed by atoms with E-state index in [0.29, 0.717) is 0 Å². The van der Waals surface area contributed by atoms with Gasteiger partial charge in [0.25, 0.3) is 0 Å². The number of fused-ring (bicyclic) bond motifs is 1. The lowest BCUT2D eigenvalue weighted by atomic mass is 10.0. The van der Waals surface area contributed by atoms with Crippen molar-refractivity contribution in [1.82, 2.24) is 0 Å². The zero-order valence-electron chi connectivity index (χ0n) is 10.6. The van der Waals surface area contributed by atoms with E-state index in [0.717, 1.165) is 5.02 Å². The van der Waals surface area contributed by atoms with Gasteiger partial charge in [0.15, 0.2) is 0 Å². The van der Waals surface area contributed by atoms with Gasteiger partial charge in [-0.3, -0.25) is 0 Å². The van der Waals surface area contributed by atoms with Gasteiger partial charge >= 0.3 is 0 Å². The van der Waals surface area contributed by atoms with E-state index in [2.05, 4.69) is 49.4 Å².